The Kier molecular flexibility index (Phi) is 126. The van der Waals surface area contributed by atoms with Crippen LogP contribution in [0, 0.1) is 0 Å². The summed E-state index contributed by atoms with van der Waals surface area (Å²) >= 11 is 0. The first-order chi connectivity index (χ1) is 6.00. The molecule has 0 aliphatic rings. The third-order valence-electron chi connectivity index (χ3n) is 0. The van der Waals surface area contributed by atoms with Gasteiger partial charge in [0.15, 0.2) is 0 Å². The van der Waals surface area contributed by atoms with Crippen LogP contribution in [0.4, 0.5) is 0 Å². The van der Waals surface area contributed by atoms with Gasteiger partial charge in [-0.2, -0.15) is 0 Å². The molecule has 0 rings (SSSR count). The minimum atomic E-state index is -5.61. The molecule has 0 aromatic carbocycles. The quantitative estimate of drug-likeness (QED) is 0.336. The summed E-state index contributed by atoms with van der Waals surface area (Å²) in [6, 6.07) is 0. The van der Waals surface area contributed by atoms with Crippen molar-refractivity contribution in [1.29, 1.82) is 0 Å². The first-order valence-electron chi connectivity index (χ1n) is 2.45. The molecule has 0 heterocycles. The van der Waals surface area contributed by atoms with E-state index in [1.54, 1.807) is 0 Å². The summed E-state index contributed by atoms with van der Waals surface area (Å²) in [5, 5.41) is 0. The topological polar surface area (TPSA) is 434 Å². The van der Waals surface area contributed by atoms with Crippen molar-refractivity contribution < 1.29 is 84.9 Å². The van der Waals surface area contributed by atoms with Crippen molar-refractivity contribution in [3.8, 4) is 0 Å². The maximum Gasteiger partial charge on any atom is 3.00 e. The molecule has 0 aromatic rings. The van der Waals surface area contributed by atoms with E-state index in [4.69, 9.17) is 57.5 Å². The Hall–Kier alpha value is 0.230. The minimum absolute atomic E-state index is 0. The van der Waals surface area contributed by atoms with Crippen LogP contribution in [-0.2, 0) is 0 Å². The second-order valence-electron chi connectivity index (χ2n) is 1.50. The van der Waals surface area contributed by atoms with E-state index in [1.165, 1.54) is 0 Å². The molecule has 0 bridgehead atoms. The molecule has 24 heavy (non-hydrogen) atoms. The standard InChI is InChI=1S/4B.3O4Si.5H2O/c;;;;3*1-5(2,3)4;;;;;/h;;;;;;;5*1H2/q4*+3;3*-4;;;;;. The Morgan fingerprint density at radius 3 is 0.250 bits per heavy atom. The van der Waals surface area contributed by atoms with Gasteiger partial charge < -0.3 is 112 Å². The Morgan fingerprint density at radius 2 is 0.250 bits per heavy atom. The molecule has 0 radical (unpaired) electrons. The van der Waals surface area contributed by atoms with Gasteiger partial charge in [0.1, 0.15) is 0 Å². The largest absolute Gasteiger partial charge is 3.00 e. The summed E-state index contributed by atoms with van der Waals surface area (Å²) in [4.78, 5) is 103. The Morgan fingerprint density at radius 1 is 0.250 bits per heavy atom. The second kappa shape index (κ2) is 34.5. The van der Waals surface area contributed by atoms with Crippen LogP contribution < -0.4 is 57.5 Å². The fourth-order valence-corrected chi connectivity index (χ4v) is 0. The third-order valence-corrected chi connectivity index (χ3v) is 0. The Labute approximate surface area is 146 Å². The summed E-state index contributed by atoms with van der Waals surface area (Å²) in [5.41, 5.74) is 0. The number of rotatable bonds is 0. The smallest absolute Gasteiger partial charge is 0.894 e. The molecule has 0 atom stereocenters. The minimum Gasteiger partial charge on any atom is -0.894 e. The van der Waals surface area contributed by atoms with E-state index in [0.717, 1.165) is 0 Å². The molecule has 0 aromatic heterocycles. The molecular weight excluding hydrogens is 399 g/mol. The molecule has 0 aliphatic carbocycles. The monoisotopic (exact) mass is 410 g/mol. The van der Waals surface area contributed by atoms with Crippen molar-refractivity contribution in [2.75, 3.05) is 0 Å². The molecule has 0 saturated heterocycles. The molecular formula is H10B4O17Si3. The van der Waals surface area contributed by atoms with Crippen LogP contribution in [0.1, 0.15) is 0 Å². The number of hydrogen-bond acceptors (Lipinski definition) is 12. The Bertz CT molecular complexity index is 103. The molecule has 0 amide bonds. The van der Waals surface area contributed by atoms with Gasteiger partial charge in [-0.05, 0) is 0 Å². The van der Waals surface area contributed by atoms with E-state index in [0.29, 0.717) is 0 Å². The normalized spacial score (nSPS) is 7.50. The summed E-state index contributed by atoms with van der Waals surface area (Å²) < 4.78 is 0. The predicted octanol–water partition coefficient (Wildman–Crippen LogP) is -21.1. The van der Waals surface area contributed by atoms with Crippen LogP contribution >= 0.6 is 0 Å². The average molecular weight is 410 g/mol. The van der Waals surface area contributed by atoms with E-state index in [1.807, 2.05) is 0 Å². The molecule has 17 nitrogen and oxygen atoms in total. The maximum atomic E-state index is 8.58. The van der Waals surface area contributed by atoms with Gasteiger partial charge in [0, 0.05) is 0 Å². The first kappa shape index (κ1) is 87.4. The second-order valence-corrected chi connectivity index (χ2v) is 4.50. The zero-order valence-electron chi connectivity index (χ0n) is 11.2. The summed E-state index contributed by atoms with van der Waals surface area (Å²) in [6.07, 6.45) is 0. The van der Waals surface area contributed by atoms with Crippen LogP contribution in [0.2, 0.25) is 0 Å². The first-order valence-corrected chi connectivity index (χ1v) is 7.35. The van der Waals surface area contributed by atoms with E-state index in [-0.39, 0.29) is 61.0 Å². The van der Waals surface area contributed by atoms with Gasteiger partial charge in [0.05, 0.1) is 0 Å². The molecule has 0 fully saturated rings. The molecule has 0 unspecified atom stereocenters. The van der Waals surface area contributed by atoms with Crippen LogP contribution in [0.25, 0.3) is 0 Å². The van der Waals surface area contributed by atoms with Gasteiger partial charge in [0.25, 0.3) is 0 Å². The SMILES string of the molecule is O.O.O.O.O.[B+3].[B+3].[B+3].[B+3].[O-][Si]([O-])([O-])[O-].[O-][Si]([O-])([O-])[O-].[O-][Si]([O-])([O-])[O-]. The zero-order chi connectivity index (χ0) is 13.5. The Balaban J connectivity index is -0.00000000758. The van der Waals surface area contributed by atoms with Gasteiger partial charge >= 0.3 is 33.7 Å². The fraction of sp³-hybridized carbons (Fsp3) is 0. The van der Waals surface area contributed by atoms with Crippen LogP contribution in [0.15, 0.2) is 0 Å². The molecule has 10 N–H and O–H groups in total. The van der Waals surface area contributed by atoms with Crippen molar-refractivity contribution >= 4 is 60.8 Å². The van der Waals surface area contributed by atoms with E-state index >= 15 is 0 Å². The predicted molar refractivity (Wildman–Crippen MR) is 58.3 cm³/mol. The molecule has 0 saturated carbocycles. The van der Waals surface area contributed by atoms with Crippen molar-refractivity contribution in [2.45, 2.75) is 0 Å². The fourth-order valence-electron chi connectivity index (χ4n) is 0. The summed E-state index contributed by atoms with van der Waals surface area (Å²) in [6.45, 7) is 0. The molecule has 24 heteroatoms. The van der Waals surface area contributed by atoms with Crippen molar-refractivity contribution in [3.63, 3.8) is 0 Å². The van der Waals surface area contributed by atoms with Gasteiger partial charge in [-0.15, -0.1) is 0 Å². The van der Waals surface area contributed by atoms with Gasteiger partial charge in [-0.1, -0.05) is 0 Å². The maximum absolute atomic E-state index is 8.58. The van der Waals surface area contributed by atoms with Crippen molar-refractivity contribution in [1.82, 2.24) is 0 Å². The summed E-state index contributed by atoms with van der Waals surface area (Å²) in [5.74, 6) is 0. The van der Waals surface area contributed by atoms with Crippen LogP contribution in [0.3, 0.4) is 0 Å². The number of hydrogen-bond donors (Lipinski definition) is 0. The van der Waals surface area contributed by atoms with Crippen LogP contribution in [0.5, 0.6) is 0 Å². The van der Waals surface area contributed by atoms with Crippen molar-refractivity contribution in [3.05, 3.63) is 0 Å². The molecule has 136 valence electrons. The summed E-state index contributed by atoms with van der Waals surface area (Å²) in [7, 11) is -16.8. The molecule has 0 aliphatic heterocycles. The molecule has 0 spiro atoms. The third kappa shape index (κ3) is 189000. The van der Waals surface area contributed by atoms with Gasteiger partial charge in [0.2, 0.25) is 0 Å². The van der Waals surface area contributed by atoms with Crippen molar-refractivity contribution in [2.24, 2.45) is 0 Å². The van der Waals surface area contributed by atoms with Crippen LogP contribution in [-0.4, -0.2) is 88.2 Å². The van der Waals surface area contributed by atoms with E-state index < -0.39 is 27.1 Å². The van der Waals surface area contributed by atoms with E-state index in [9.17, 15) is 0 Å². The van der Waals surface area contributed by atoms with Gasteiger partial charge in [-0.25, -0.2) is 0 Å². The zero-order valence-corrected chi connectivity index (χ0v) is 14.2. The average Bonchev–Trinajstić information content (AvgIpc) is 1.41. The van der Waals surface area contributed by atoms with Gasteiger partial charge in [-0.3, -0.25) is 0 Å². The van der Waals surface area contributed by atoms with E-state index in [2.05, 4.69) is 0 Å².